The third-order valence-corrected chi connectivity index (χ3v) is 0.421. The van der Waals surface area contributed by atoms with Crippen LogP contribution in [0.5, 0.6) is 0 Å². The Morgan fingerprint density at radius 1 is 1.10 bits per heavy atom. The van der Waals surface area contributed by atoms with E-state index >= 15 is 0 Å². The van der Waals surface area contributed by atoms with Gasteiger partial charge in [-0.1, -0.05) is 0 Å². The molecule has 0 heterocycles. The second-order valence-corrected chi connectivity index (χ2v) is 1.02. The molecule has 7 N–H and O–H groups in total. The van der Waals surface area contributed by atoms with E-state index in [2.05, 4.69) is 0 Å². The fourth-order valence-corrected chi connectivity index (χ4v) is 0.0577. The molecule has 0 radical (unpaired) electrons. The summed E-state index contributed by atoms with van der Waals surface area (Å²) in [5, 5.41) is 24.0. The molecule has 10 heavy (non-hydrogen) atoms. The van der Waals surface area contributed by atoms with Crippen LogP contribution in [0, 0.1) is 0 Å². The van der Waals surface area contributed by atoms with Crippen LogP contribution in [0.25, 0.3) is 0 Å². The molecule has 0 aromatic rings. The molecular formula is C3H16CaMgO5. The third kappa shape index (κ3) is 22.6. The molecule has 0 amide bonds. The van der Waals surface area contributed by atoms with Crippen molar-refractivity contribution in [1.29, 1.82) is 0 Å². The Morgan fingerprint density at radius 3 is 1.30 bits per heavy atom. The molecule has 0 bridgehead atoms. The second-order valence-electron chi connectivity index (χ2n) is 1.02. The van der Waals surface area contributed by atoms with E-state index in [0.29, 0.717) is 0 Å². The predicted molar refractivity (Wildman–Crippen MR) is 43.4 cm³/mol. The predicted octanol–water partition coefficient (Wildman–Crippen LogP) is -3.63. The first kappa shape index (κ1) is 29.7. The van der Waals surface area contributed by atoms with Crippen LogP contribution in [0.4, 0.5) is 0 Å². The second kappa shape index (κ2) is 22.4. The van der Waals surface area contributed by atoms with Gasteiger partial charge in [-0.05, 0) is 0 Å². The normalized spacial score (nSPS) is 6.00. The van der Waals surface area contributed by atoms with E-state index in [1.807, 2.05) is 0 Å². The van der Waals surface area contributed by atoms with Crippen LogP contribution in [0.2, 0.25) is 0 Å². The first-order valence-corrected chi connectivity index (χ1v) is 1.71. The van der Waals surface area contributed by atoms with Gasteiger partial charge in [0.15, 0.2) is 0 Å². The number of hydrogen-bond acceptors (Lipinski definition) is 3. The van der Waals surface area contributed by atoms with E-state index in [1.54, 1.807) is 0 Å². The molecule has 0 unspecified atom stereocenters. The standard InChI is InChI=1S/C3H8O3.Ca.Mg.2H2O.4H/c4-1-3(6)2-5;;;;;;;;/h3-6H,1-2H2;;;2*1H2;;;;/q;2*+2;;;4*-1. The molecule has 0 aromatic heterocycles. The quantitative estimate of drug-likeness (QED) is 0.395. The molecule has 7 heteroatoms. The first-order chi connectivity index (χ1) is 2.81. The Morgan fingerprint density at radius 2 is 1.30 bits per heavy atom. The molecule has 0 fully saturated rings. The molecule has 0 rings (SSSR count). The van der Waals surface area contributed by atoms with Crippen LogP contribution in [0.3, 0.4) is 0 Å². The zero-order chi connectivity index (χ0) is 4.99. The van der Waals surface area contributed by atoms with Gasteiger partial charge in [-0.15, -0.1) is 0 Å². The van der Waals surface area contributed by atoms with E-state index in [1.165, 1.54) is 0 Å². The Bertz CT molecular complexity index is 48.2. The van der Waals surface area contributed by atoms with Crippen LogP contribution in [0.15, 0.2) is 0 Å². The zero-order valence-corrected chi connectivity index (χ0v) is 9.37. The monoisotopic (exact) mass is 196 g/mol. The SMILES string of the molecule is O.O.OCC(O)CO.[Ca+2].[H-].[H-].[H-].[H-].[Mg+2]. The van der Waals surface area contributed by atoms with Crippen LogP contribution in [-0.2, 0) is 0 Å². The largest absolute Gasteiger partial charge is 2.00 e. The van der Waals surface area contributed by atoms with Crippen molar-refractivity contribution in [3.05, 3.63) is 0 Å². The molecule has 0 spiro atoms. The molecule has 5 nitrogen and oxygen atoms in total. The van der Waals surface area contributed by atoms with Crippen LogP contribution < -0.4 is 0 Å². The number of aliphatic hydroxyl groups is 3. The summed E-state index contributed by atoms with van der Waals surface area (Å²) in [5.74, 6) is 0. The third-order valence-electron chi connectivity index (χ3n) is 0.421. The van der Waals surface area contributed by atoms with Crippen molar-refractivity contribution in [1.82, 2.24) is 0 Å². The topological polar surface area (TPSA) is 124 Å². The number of rotatable bonds is 2. The van der Waals surface area contributed by atoms with Gasteiger partial charge in [0.2, 0.25) is 0 Å². The zero-order valence-electron chi connectivity index (χ0n) is 9.75. The summed E-state index contributed by atoms with van der Waals surface area (Å²) < 4.78 is 0. The maximum atomic E-state index is 8.17. The molecule has 0 aromatic carbocycles. The Balaban J connectivity index is -0.00000000446. The van der Waals surface area contributed by atoms with Crippen molar-refractivity contribution >= 4 is 60.8 Å². The van der Waals surface area contributed by atoms with Crippen LogP contribution in [0.1, 0.15) is 5.71 Å². The van der Waals surface area contributed by atoms with Gasteiger partial charge in [0, 0.05) is 0 Å². The average molecular weight is 197 g/mol. The number of aliphatic hydroxyl groups excluding tert-OH is 3. The van der Waals surface area contributed by atoms with E-state index < -0.39 is 6.10 Å². The molecular weight excluding hydrogens is 180 g/mol. The van der Waals surface area contributed by atoms with E-state index in [4.69, 9.17) is 15.3 Å². The molecule has 0 aliphatic heterocycles. The maximum absolute atomic E-state index is 8.17. The molecule has 0 saturated heterocycles. The summed E-state index contributed by atoms with van der Waals surface area (Å²) in [7, 11) is 0. The van der Waals surface area contributed by atoms with Gasteiger partial charge in [0.1, 0.15) is 6.10 Å². The van der Waals surface area contributed by atoms with Crippen molar-refractivity contribution < 1.29 is 32.0 Å². The summed E-state index contributed by atoms with van der Waals surface area (Å²) in [6.07, 6.45) is -0.954. The fraction of sp³-hybridized carbons (Fsp3) is 1.00. The smallest absolute Gasteiger partial charge is 1.00 e. The average Bonchev–Trinajstić information content (AvgIpc) is 1.65. The molecule has 0 saturated carbocycles. The molecule has 62 valence electrons. The van der Waals surface area contributed by atoms with Crippen molar-refractivity contribution in [3.63, 3.8) is 0 Å². The molecule has 0 atom stereocenters. The van der Waals surface area contributed by atoms with Gasteiger partial charge in [0.05, 0.1) is 13.2 Å². The van der Waals surface area contributed by atoms with Gasteiger partial charge >= 0.3 is 60.8 Å². The molecule has 0 aliphatic carbocycles. The van der Waals surface area contributed by atoms with Crippen molar-refractivity contribution in [2.75, 3.05) is 13.2 Å². The number of hydrogen-bond donors (Lipinski definition) is 3. The van der Waals surface area contributed by atoms with Crippen molar-refractivity contribution in [2.24, 2.45) is 0 Å². The van der Waals surface area contributed by atoms with Crippen molar-refractivity contribution in [2.45, 2.75) is 6.10 Å². The van der Waals surface area contributed by atoms with Crippen LogP contribution in [-0.4, -0.2) is 106 Å². The van der Waals surface area contributed by atoms with E-state index in [-0.39, 0.29) is 90.7 Å². The van der Waals surface area contributed by atoms with Gasteiger partial charge in [0.25, 0.3) is 0 Å². The Kier molecular flexibility index (Phi) is 66.7. The minimum absolute atomic E-state index is 0. The minimum Gasteiger partial charge on any atom is -1.00 e. The summed E-state index contributed by atoms with van der Waals surface area (Å²) in [5.41, 5.74) is 0. The van der Waals surface area contributed by atoms with E-state index in [0.717, 1.165) is 0 Å². The van der Waals surface area contributed by atoms with Crippen LogP contribution >= 0.6 is 0 Å². The van der Waals surface area contributed by atoms with Gasteiger partial charge in [-0.2, -0.15) is 0 Å². The maximum Gasteiger partial charge on any atom is 2.00 e. The molecule has 0 aliphatic rings. The Labute approximate surface area is 111 Å². The summed E-state index contributed by atoms with van der Waals surface area (Å²) in [6.45, 7) is -0.729. The summed E-state index contributed by atoms with van der Waals surface area (Å²) in [4.78, 5) is 0. The minimum atomic E-state index is -0.954. The van der Waals surface area contributed by atoms with Crippen molar-refractivity contribution in [3.8, 4) is 0 Å². The first-order valence-electron chi connectivity index (χ1n) is 1.71. The van der Waals surface area contributed by atoms with Gasteiger partial charge in [-0.25, -0.2) is 0 Å². The van der Waals surface area contributed by atoms with E-state index in [9.17, 15) is 0 Å². The van der Waals surface area contributed by atoms with Gasteiger partial charge < -0.3 is 32.0 Å². The summed E-state index contributed by atoms with van der Waals surface area (Å²) >= 11 is 0. The van der Waals surface area contributed by atoms with Gasteiger partial charge in [-0.3, -0.25) is 0 Å². The summed E-state index contributed by atoms with van der Waals surface area (Å²) in [6, 6.07) is 0. The fourth-order valence-electron chi connectivity index (χ4n) is 0.0577. The Hall–Kier alpha value is 1.83.